The third-order valence-electron chi connectivity index (χ3n) is 5.14. The molecule has 0 heterocycles. The molecule has 2 saturated carbocycles. The third kappa shape index (κ3) is 6.38. The van der Waals surface area contributed by atoms with E-state index in [4.69, 9.17) is 4.74 Å². The summed E-state index contributed by atoms with van der Waals surface area (Å²) in [6, 6.07) is 6.72. The van der Waals surface area contributed by atoms with Crippen LogP contribution in [-0.4, -0.2) is 30.4 Å². The first-order valence-electron chi connectivity index (χ1n) is 9.99. The van der Waals surface area contributed by atoms with Crippen molar-refractivity contribution in [3.05, 3.63) is 29.8 Å². The van der Waals surface area contributed by atoms with E-state index in [1.807, 2.05) is 0 Å². The van der Waals surface area contributed by atoms with Crippen molar-refractivity contribution in [2.24, 2.45) is 5.92 Å². The highest BCUT2D eigenvalue weighted by Crippen LogP contribution is 2.30. The second kappa shape index (κ2) is 9.53. The number of carbonyl (C=O) groups is 3. The van der Waals surface area contributed by atoms with Gasteiger partial charge in [0.05, 0.1) is 5.56 Å². The number of anilines is 1. The molecule has 6 heteroatoms. The molecule has 2 aliphatic rings. The van der Waals surface area contributed by atoms with Crippen LogP contribution in [0.5, 0.6) is 0 Å². The summed E-state index contributed by atoms with van der Waals surface area (Å²) < 4.78 is 5.12. The number of esters is 1. The van der Waals surface area contributed by atoms with Crippen LogP contribution in [-0.2, 0) is 14.3 Å². The molecular weight excluding hydrogens is 344 g/mol. The minimum Gasteiger partial charge on any atom is -0.452 e. The van der Waals surface area contributed by atoms with E-state index in [1.54, 1.807) is 24.3 Å². The Morgan fingerprint density at radius 2 is 1.52 bits per heavy atom. The Kier molecular flexibility index (Phi) is 6.85. The number of ether oxygens (including phenoxy) is 1. The van der Waals surface area contributed by atoms with Crippen LogP contribution >= 0.6 is 0 Å². The molecule has 3 rings (SSSR count). The number of amides is 2. The molecule has 2 N–H and O–H groups in total. The molecule has 2 aliphatic carbocycles. The zero-order chi connectivity index (χ0) is 19.1. The van der Waals surface area contributed by atoms with Gasteiger partial charge in [0.15, 0.2) is 6.61 Å². The zero-order valence-corrected chi connectivity index (χ0v) is 15.7. The van der Waals surface area contributed by atoms with Gasteiger partial charge < -0.3 is 15.4 Å². The lowest BCUT2D eigenvalue weighted by atomic mass is 9.97. The molecule has 27 heavy (non-hydrogen) atoms. The molecule has 1 aromatic rings. The molecule has 6 nitrogen and oxygen atoms in total. The van der Waals surface area contributed by atoms with Crippen LogP contribution in [0.1, 0.15) is 68.1 Å². The van der Waals surface area contributed by atoms with Crippen LogP contribution in [0, 0.1) is 5.92 Å². The van der Waals surface area contributed by atoms with Crippen molar-refractivity contribution >= 4 is 23.5 Å². The van der Waals surface area contributed by atoms with Gasteiger partial charge in [-0.15, -0.1) is 0 Å². The highest BCUT2D eigenvalue weighted by atomic mass is 16.5. The lowest BCUT2D eigenvalue weighted by molar-refractivity contribution is -0.125. The average Bonchev–Trinajstić information content (AvgIpc) is 3.48. The van der Waals surface area contributed by atoms with Crippen molar-refractivity contribution in [3.63, 3.8) is 0 Å². The van der Waals surface area contributed by atoms with Gasteiger partial charge in [0.2, 0.25) is 5.91 Å². The van der Waals surface area contributed by atoms with Crippen molar-refractivity contribution in [1.82, 2.24) is 5.32 Å². The molecule has 0 radical (unpaired) electrons. The average molecular weight is 372 g/mol. The minimum absolute atomic E-state index is 0.0243. The lowest BCUT2D eigenvalue weighted by Gasteiger charge is -2.20. The summed E-state index contributed by atoms with van der Waals surface area (Å²) in [5.74, 6) is -0.632. The predicted octanol–water partition coefficient (Wildman–Crippen LogP) is 3.42. The first-order chi connectivity index (χ1) is 13.1. The Balaban J connectivity index is 1.41. The number of rotatable bonds is 6. The van der Waals surface area contributed by atoms with Crippen molar-refractivity contribution in [1.29, 1.82) is 0 Å². The normalized spacial score (nSPS) is 18.1. The molecule has 0 bridgehead atoms. The third-order valence-corrected chi connectivity index (χ3v) is 5.14. The standard InChI is InChI=1S/C21H28N2O4/c24-19(22-17-6-4-2-1-3-5-7-17)14-27-21(26)16-10-12-18(13-11-16)23-20(25)15-8-9-15/h10-13,15,17H,1-9,14H2,(H,22,24)(H,23,25). The monoisotopic (exact) mass is 372 g/mol. The first-order valence-corrected chi connectivity index (χ1v) is 9.99. The van der Waals surface area contributed by atoms with E-state index in [0.29, 0.717) is 11.3 Å². The van der Waals surface area contributed by atoms with Crippen LogP contribution in [0.2, 0.25) is 0 Å². The molecule has 0 aromatic heterocycles. The van der Waals surface area contributed by atoms with Crippen molar-refractivity contribution in [2.75, 3.05) is 11.9 Å². The Morgan fingerprint density at radius 3 is 2.15 bits per heavy atom. The Bertz CT molecular complexity index is 659. The molecular formula is C21H28N2O4. The maximum Gasteiger partial charge on any atom is 0.338 e. The largest absolute Gasteiger partial charge is 0.452 e. The smallest absolute Gasteiger partial charge is 0.338 e. The fraction of sp³-hybridized carbons (Fsp3) is 0.571. The number of carbonyl (C=O) groups excluding carboxylic acids is 3. The molecule has 0 unspecified atom stereocenters. The fourth-order valence-corrected chi connectivity index (χ4v) is 3.36. The fourth-order valence-electron chi connectivity index (χ4n) is 3.36. The first kappa shape index (κ1) is 19.4. The van der Waals surface area contributed by atoms with Gasteiger partial charge in [0.25, 0.3) is 5.91 Å². The van der Waals surface area contributed by atoms with Gasteiger partial charge in [0.1, 0.15) is 0 Å². The van der Waals surface area contributed by atoms with E-state index in [2.05, 4.69) is 10.6 Å². The Morgan fingerprint density at radius 1 is 0.889 bits per heavy atom. The molecule has 0 spiro atoms. The topological polar surface area (TPSA) is 84.5 Å². The summed E-state index contributed by atoms with van der Waals surface area (Å²) in [5, 5.41) is 5.80. The number of hydrogen-bond donors (Lipinski definition) is 2. The molecule has 146 valence electrons. The minimum atomic E-state index is -0.539. The quantitative estimate of drug-likeness (QED) is 0.750. The summed E-state index contributed by atoms with van der Waals surface area (Å²) in [5.41, 5.74) is 1.02. The van der Waals surface area contributed by atoms with Crippen molar-refractivity contribution in [2.45, 2.75) is 63.8 Å². The van der Waals surface area contributed by atoms with Crippen LogP contribution in [0.3, 0.4) is 0 Å². The van der Waals surface area contributed by atoms with Gasteiger partial charge in [-0.25, -0.2) is 4.79 Å². The van der Waals surface area contributed by atoms with Gasteiger partial charge in [-0.05, 0) is 49.9 Å². The number of benzene rings is 1. The summed E-state index contributed by atoms with van der Waals surface area (Å²) in [6.07, 6.45) is 9.86. The van der Waals surface area contributed by atoms with Crippen LogP contribution in [0.15, 0.2) is 24.3 Å². The predicted molar refractivity (Wildman–Crippen MR) is 102 cm³/mol. The number of nitrogens with one attached hydrogen (secondary N) is 2. The maximum absolute atomic E-state index is 12.1. The maximum atomic E-state index is 12.1. The summed E-state index contributed by atoms with van der Waals surface area (Å²) in [7, 11) is 0. The molecule has 0 saturated heterocycles. The molecule has 0 aliphatic heterocycles. The van der Waals surface area contributed by atoms with Gasteiger partial charge >= 0.3 is 5.97 Å². The zero-order valence-electron chi connectivity index (χ0n) is 15.7. The van der Waals surface area contributed by atoms with E-state index >= 15 is 0 Å². The van der Waals surface area contributed by atoms with Gasteiger partial charge in [0, 0.05) is 17.6 Å². The molecule has 0 atom stereocenters. The van der Waals surface area contributed by atoms with E-state index in [0.717, 1.165) is 38.5 Å². The lowest BCUT2D eigenvalue weighted by Crippen LogP contribution is -2.38. The van der Waals surface area contributed by atoms with Gasteiger partial charge in [-0.3, -0.25) is 9.59 Å². The highest BCUT2D eigenvalue weighted by molar-refractivity contribution is 5.95. The van der Waals surface area contributed by atoms with E-state index in [-0.39, 0.29) is 30.4 Å². The number of hydrogen-bond acceptors (Lipinski definition) is 4. The molecule has 2 fully saturated rings. The van der Waals surface area contributed by atoms with Gasteiger partial charge in [-0.1, -0.05) is 32.1 Å². The van der Waals surface area contributed by atoms with Crippen LogP contribution in [0.4, 0.5) is 5.69 Å². The molecule has 2 amide bonds. The van der Waals surface area contributed by atoms with Gasteiger partial charge in [-0.2, -0.15) is 0 Å². The van der Waals surface area contributed by atoms with Crippen molar-refractivity contribution in [3.8, 4) is 0 Å². The van der Waals surface area contributed by atoms with Crippen LogP contribution in [0.25, 0.3) is 0 Å². The highest BCUT2D eigenvalue weighted by Gasteiger charge is 2.29. The van der Waals surface area contributed by atoms with E-state index in [1.165, 1.54) is 19.3 Å². The second-order valence-electron chi connectivity index (χ2n) is 7.53. The second-order valence-corrected chi connectivity index (χ2v) is 7.53. The Labute approximate surface area is 160 Å². The van der Waals surface area contributed by atoms with Crippen molar-refractivity contribution < 1.29 is 19.1 Å². The van der Waals surface area contributed by atoms with E-state index < -0.39 is 5.97 Å². The summed E-state index contributed by atoms with van der Waals surface area (Å²) >= 11 is 0. The summed E-state index contributed by atoms with van der Waals surface area (Å²) in [6.45, 7) is -0.268. The SMILES string of the molecule is O=C(COC(=O)c1ccc(NC(=O)C2CC2)cc1)NC1CCCCCCC1. The van der Waals surface area contributed by atoms with Crippen LogP contribution < -0.4 is 10.6 Å². The van der Waals surface area contributed by atoms with E-state index in [9.17, 15) is 14.4 Å². The summed E-state index contributed by atoms with van der Waals surface area (Å²) in [4.78, 5) is 35.9. The Hall–Kier alpha value is -2.37. The molecule has 1 aromatic carbocycles.